The van der Waals surface area contributed by atoms with Gasteiger partial charge >= 0.3 is 0 Å². The van der Waals surface area contributed by atoms with E-state index in [0.717, 1.165) is 21.3 Å². The lowest BCUT2D eigenvalue weighted by atomic mass is 10.1. The fraction of sp³-hybridized carbons (Fsp3) is 0.0909. The summed E-state index contributed by atoms with van der Waals surface area (Å²) >= 11 is 0. The highest BCUT2D eigenvalue weighted by Crippen LogP contribution is 2.32. The molecule has 2 aromatic heterocycles. The molecule has 8 heteroatoms. The highest BCUT2D eigenvalue weighted by atomic mass is 19.1. The zero-order chi connectivity index (χ0) is 20.8. The number of halogens is 1. The Hall–Kier alpha value is -4.07. The summed E-state index contributed by atoms with van der Waals surface area (Å²) in [7, 11) is 0. The maximum atomic E-state index is 13.4. The zero-order valence-electron chi connectivity index (χ0n) is 15.6. The number of nitrogens with one attached hydrogen (secondary N) is 2. The van der Waals surface area contributed by atoms with E-state index in [9.17, 15) is 18.8 Å². The molecule has 148 valence electrons. The van der Waals surface area contributed by atoms with Crippen LogP contribution in [-0.2, 0) is 9.59 Å². The summed E-state index contributed by atoms with van der Waals surface area (Å²) in [6.07, 6.45) is 0.129. The summed E-state index contributed by atoms with van der Waals surface area (Å²) in [6, 6.07) is 15.0. The first-order valence-electron chi connectivity index (χ1n) is 9.35. The number of pyridine rings is 1. The molecule has 2 aromatic carbocycles. The summed E-state index contributed by atoms with van der Waals surface area (Å²) < 4.78 is 13.4. The smallest absolute Gasteiger partial charge is 0.288 e. The molecule has 30 heavy (non-hydrogen) atoms. The number of para-hydroxylation sites is 1. The van der Waals surface area contributed by atoms with Gasteiger partial charge in [0.25, 0.3) is 5.91 Å². The van der Waals surface area contributed by atoms with Crippen molar-refractivity contribution in [2.75, 3.05) is 0 Å². The van der Waals surface area contributed by atoms with E-state index >= 15 is 0 Å². The molecule has 0 radical (unpaired) electrons. The number of amides is 3. The van der Waals surface area contributed by atoms with Crippen LogP contribution in [0.25, 0.3) is 33.1 Å². The number of aromatic amines is 1. The second kappa shape index (κ2) is 6.77. The predicted molar refractivity (Wildman–Crippen MR) is 108 cm³/mol. The first-order chi connectivity index (χ1) is 14.5. The van der Waals surface area contributed by atoms with Gasteiger partial charge in [-0.1, -0.05) is 18.2 Å². The largest absolute Gasteiger partial charge is 0.353 e. The minimum atomic E-state index is -0.672. The van der Waals surface area contributed by atoms with Crippen molar-refractivity contribution in [2.45, 2.75) is 12.8 Å². The maximum Gasteiger partial charge on any atom is 0.288 e. The molecule has 2 N–H and O–H groups in total. The van der Waals surface area contributed by atoms with Gasteiger partial charge in [0.15, 0.2) is 0 Å². The van der Waals surface area contributed by atoms with E-state index in [1.54, 1.807) is 18.2 Å². The van der Waals surface area contributed by atoms with Crippen LogP contribution in [0.3, 0.4) is 0 Å². The second-order valence-electron chi connectivity index (χ2n) is 7.02. The fourth-order valence-electron chi connectivity index (χ4n) is 3.64. The quantitative estimate of drug-likeness (QED) is 0.514. The number of aromatic nitrogens is 2. The van der Waals surface area contributed by atoms with Crippen molar-refractivity contribution in [3.8, 4) is 11.3 Å². The van der Waals surface area contributed by atoms with Gasteiger partial charge in [0.2, 0.25) is 11.8 Å². The molecular formula is C22H15FN4O3. The highest BCUT2D eigenvalue weighted by molar-refractivity contribution is 6.13. The monoisotopic (exact) mass is 402 g/mol. The Bertz CT molecular complexity index is 1330. The molecule has 7 nitrogen and oxygen atoms in total. The average Bonchev–Trinajstić information content (AvgIpc) is 3.28. The van der Waals surface area contributed by atoms with Gasteiger partial charge in [-0.05, 0) is 36.4 Å². The van der Waals surface area contributed by atoms with Crippen LogP contribution in [-0.4, -0.2) is 32.7 Å². The maximum absolute atomic E-state index is 13.4. The molecule has 1 aliphatic heterocycles. The number of hydrazine groups is 1. The predicted octanol–water partition coefficient (Wildman–Crippen LogP) is 3.32. The molecule has 3 amide bonds. The lowest BCUT2D eigenvalue weighted by Crippen LogP contribution is -2.45. The summed E-state index contributed by atoms with van der Waals surface area (Å²) in [5, 5.41) is 2.38. The molecule has 1 fully saturated rings. The Balaban J connectivity index is 1.67. The van der Waals surface area contributed by atoms with Crippen molar-refractivity contribution in [2.24, 2.45) is 0 Å². The van der Waals surface area contributed by atoms with Crippen molar-refractivity contribution in [1.82, 2.24) is 20.4 Å². The zero-order valence-corrected chi connectivity index (χ0v) is 15.6. The van der Waals surface area contributed by atoms with Gasteiger partial charge in [-0.15, -0.1) is 0 Å². The van der Waals surface area contributed by atoms with Crippen molar-refractivity contribution >= 4 is 39.5 Å². The SMILES string of the molecule is O=C(NN1C(=O)CCC1=O)c1cc2c([nH]c3ccccc32)c(-c2ccc(F)cc2)n1. The third-order valence-electron chi connectivity index (χ3n) is 5.11. The standard InChI is InChI=1S/C22H15FN4O3/c23-13-7-5-12(6-8-13)20-21-15(14-3-1-2-4-16(14)24-21)11-17(25-20)22(30)26-27-18(28)9-10-19(27)29/h1-8,11,24H,9-10H2,(H,26,30). The van der Waals surface area contributed by atoms with Gasteiger partial charge in [-0.2, -0.15) is 5.01 Å². The molecule has 1 aliphatic rings. The van der Waals surface area contributed by atoms with Crippen molar-refractivity contribution in [3.05, 3.63) is 66.1 Å². The summed E-state index contributed by atoms with van der Waals surface area (Å²) in [4.78, 5) is 44.3. The number of fused-ring (bicyclic) bond motifs is 3. The molecule has 0 aliphatic carbocycles. The van der Waals surface area contributed by atoms with Crippen LogP contribution in [0, 0.1) is 5.82 Å². The molecule has 0 unspecified atom stereocenters. The molecule has 0 bridgehead atoms. The molecular weight excluding hydrogens is 387 g/mol. The normalized spacial score (nSPS) is 14.1. The van der Waals surface area contributed by atoms with Crippen LogP contribution in [0.4, 0.5) is 4.39 Å². The Labute approximate surface area is 169 Å². The molecule has 4 aromatic rings. The van der Waals surface area contributed by atoms with Crippen molar-refractivity contribution in [3.63, 3.8) is 0 Å². The van der Waals surface area contributed by atoms with Gasteiger partial charge in [0.1, 0.15) is 11.5 Å². The lowest BCUT2D eigenvalue weighted by Gasteiger charge is -2.15. The summed E-state index contributed by atoms with van der Waals surface area (Å²) in [5.74, 6) is -1.97. The number of rotatable bonds is 3. The number of hydrogen-bond acceptors (Lipinski definition) is 4. The van der Waals surface area contributed by atoms with E-state index in [-0.39, 0.29) is 24.4 Å². The third kappa shape index (κ3) is 2.89. The number of carbonyl (C=O) groups excluding carboxylic acids is 3. The topological polar surface area (TPSA) is 95.2 Å². The lowest BCUT2D eigenvalue weighted by molar-refractivity contribution is -0.141. The van der Waals surface area contributed by atoms with E-state index in [4.69, 9.17) is 0 Å². The highest BCUT2D eigenvalue weighted by Gasteiger charge is 2.31. The van der Waals surface area contributed by atoms with Gasteiger partial charge in [-0.3, -0.25) is 19.8 Å². The average molecular weight is 402 g/mol. The first-order valence-corrected chi connectivity index (χ1v) is 9.35. The van der Waals surface area contributed by atoms with Crippen molar-refractivity contribution < 1.29 is 18.8 Å². The van der Waals surface area contributed by atoms with Gasteiger partial charge in [0, 0.05) is 34.7 Å². The van der Waals surface area contributed by atoms with E-state index in [1.807, 2.05) is 24.3 Å². The van der Waals surface area contributed by atoms with Crippen LogP contribution in [0.1, 0.15) is 23.3 Å². The number of nitrogens with zero attached hydrogens (tertiary/aromatic N) is 2. The van der Waals surface area contributed by atoms with Crippen LogP contribution >= 0.6 is 0 Å². The fourth-order valence-corrected chi connectivity index (χ4v) is 3.64. The number of imide groups is 1. The van der Waals surface area contributed by atoms with E-state index in [0.29, 0.717) is 16.8 Å². The number of H-pyrrole nitrogens is 1. The Morgan fingerprint density at radius 3 is 2.43 bits per heavy atom. The molecule has 5 rings (SSSR count). The van der Waals surface area contributed by atoms with Gasteiger partial charge in [0.05, 0.1) is 11.2 Å². The number of benzene rings is 2. The van der Waals surface area contributed by atoms with Crippen LogP contribution in [0.2, 0.25) is 0 Å². The Kier molecular flexibility index (Phi) is 4.06. The Morgan fingerprint density at radius 2 is 1.70 bits per heavy atom. The summed E-state index contributed by atoms with van der Waals surface area (Å²) in [6.45, 7) is 0. The third-order valence-corrected chi connectivity index (χ3v) is 5.11. The van der Waals surface area contributed by atoms with Crippen LogP contribution in [0.5, 0.6) is 0 Å². The first kappa shape index (κ1) is 18.0. The molecule has 0 saturated carbocycles. The molecule has 0 spiro atoms. The van der Waals surface area contributed by atoms with Gasteiger partial charge < -0.3 is 4.98 Å². The van der Waals surface area contributed by atoms with E-state index < -0.39 is 17.7 Å². The number of hydrogen-bond donors (Lipinski definition) is 2. The minimum Gasteiger partial charge on any atom is -0.353 e. The van der Waals surface area contributed by atoms with Crippen LogP contribution in [0.15, 0.2) is 54.6 Å². The molecule has 1 saturated heterocycles. The molecule has 0 atom stereocenters. The molecule has 3 heterocycles. The van der Waals surface area contributed by atoms with Crippen LogP contribution < -0.4 is 5.43 Å². The minimum absolute atomic E-state index is 0.0408. The van der Waals surface area contributed by atoms with Crippen molar-refractivity contribution in [1.29, 1.82) is 0 Å². The number of carbonyl (C=O) groups is 3. The van der Waals surface area contributed by atoms with E-state index in [1.165, 1.54) is 12.1 Å². The van der Waals surface area contributed by atoms with Gasteiger partial charge in [-0.25, -0.2) is 9.37 Å². The second-order valence-corrected chi connectivity index (χ2v) is 7.02. The summed E-state index contributed by atoms with van der Waals surface area (Å²) in [5.41, 5.74) is 5.04. The van der Waals surface area contributed by atoms with E-state index in [2.05, 4.69) is 15.4 Å². The Morgan fingerprint density at radius 1 is 1.00 bits per heavy atom.